The van der Waals surface area contributed by atoms with Gasteiger partial charge in [0.15, 0.2) is 0 Å². The van der Waals surface area contributed by atoms with Crippen LogP contribution >= 0.6 is 11.6 Å². The van der Waals surface area contributed by atoms with Gasteiger partial charge in [-0.05, 0) is 12.1 Å². The van der Waals surface area contributed by atoms with E-state index in [4.69, 9.17) is 16.3 Å². The van der Waals surface area contributed by atoms with Gasteiger partial charge in [-0.3, -0.25) is 0 Å². The van der Waals surface area contributed by atoms with E-state index >= 15 is 0 Å². The summed E-state index contributed by atoms with van der Waals surface area (Å²) in [6.45, 7) is 1.48. The van der Waals surface area contributed by atoms with Crippen molar-refractivity contribution in [1.82, 2.24) is 0 Å². The molecule has 0 unspecified atom stereocenters. The summed E-state index contributed by atoms with van der Waals surface area (Å²) >= 11 is 5.50. The van der Waals surface area contributed by atoms with E-state index in [0.717, 1.165) is 0 Å². The molecule has 0 saturated carbocycles. The molecule has 0 spiro atoms. The average molecular weight is 289 g/mol. The van der Waals surface area contributed by atoms with Crippen LogP contribution in [0.3, 0.4) is 0 Å². The standard InChI is InChI=1S/C11H13ClN2O3S/c12-5-7-17-8-6-14-9-13-18(15,16)11-4-2-1-3-10(11)14/h1-4,9H,5-8H2. The second-order valence-corrected chi connectivity index (χ2v) is 5.64. The molecule has 7 heteroatoms. The van der Waals surface area contributed by atoms with Crippen LogP contribution in [0.1, 0.15) is 0 Å². The highest BCUT2D eigenvalue weighted by Gasteiger charge is 2.24. The van der Waals surface area contributed by atoms with Crippen molar-refractivity contribution in [3.05, 3.63) is 24.3 Å². The van der Waals surface area contributed by atoms with Gasteiger partial charge in [0.2, 0.25) is 0 Å². The summed E-state index contributed by atoms with van der Waals surface area (Å²) in [4.78, 5) is 1.98. The van der Waals surface area contributed by atoms with E-state index < -0.39 is 10.0 Å². The normalized spacial score (nSPS) is 16.6. The molecule has 0 fully saturated rings. The summed E-state index contributed by atoms with van der Waals surface area (Å²) in [5.41, 5.74) is 0.627. The van der Waals surface area contributed by atoms with Crippen molar-refractivity contribution in [2.75, 3.05) is 30.5 Å². The van der Waals surface area contributed by atoms with Gasteiger partial charge in [0.25, 0.3) is 10.0 Å². The second kappa shape index (κ2) is 5.69. The Kier molecular flexibility index (Phi) is 4.21. The molecule has 5 nitrogen and oxygen atoms in total. The van der Waals surface area contributed by atoms with E-state index in [1.165, 1.54) is 6.34 Å². The largest absolute Gasteiger partial charge is 0.378 e. The first-order valence-corrected chi connectivity index (χ1v) is 7.42. The van der Waals surface area contributed by atoms with Gasteiger partial charge in [0.1, 0.15) is 11.2 Å². The minimum absolute atomic E-state index is 0.227. The number of sulfonamides is 1. The van der Waals surface area contributed by atoms with Crippen LogP contribution in [0.2, 0.25) is 0 Å². The number of alkyl halides is 1. The number of halogens is 1. The van der Waals surface area contributed by atoms with E-state index in [1.54, 1.807) is 29.2 Å². The first-order valence-electron chi connectivity index (χ1n) is 5.45. The highest BCUT2D eigenvalue weighted by molar-refractivity contribution is 7.90. The molecule has 18 heavy (non-hydrogen) atoms. The number of benzene rings is 1. The quantitative estimate of drug-likeness (QED) is 0.608. The Morgan fingerprint density at radius 1 is 1.28 bits per heavy atom. The molecule has 98 valence electrons. The molecule has 0 saturated heterocycles. The molecular formula is C11H13ClN2O3S. The third-order valence-corrected chi connectivity index (χ3v) is 3.90. The maximum absolute atomic E-state index is 11.7. The number of anilines is 1. The fourth-order valence-corrected chi connectivity index (χ4v) is 2.81. The van der Waals surface area contributed by atoms with Gasteiger partial charge in [-0.25, -0.2) is 0 Å². The third kappa shape index (κ3) is 2.82. The minimum atomic E-state index is -3.54. The van der Waals surface area contributed by atoms with Crippen molar-refractivity contribution in [2.45, 2.75) is 4.90 Å². The van der Waals surface area contributed by atoms with Crippen molar-refractivity contribution >= 4 is 33.7 Å². The lowest BCUT2D eigenvalue weighted by molar-refractivity contribution is 0.157. The third-order valence-electron chi connectivity index (χ3n) is 2.48. The van der Waals surface area contributed by atoms with Gasteiger partial charge >= 0.3 is 0 Å². The van der Waals surface area contributed by atoms with Crippen LogP contribution in [0.25, 0.3) is 0 Å². The summed E-state index contributed by atoms with van der Waals surface area (Å²) in [6.07, 6.45) is 1.32. The van der Waals surface area contributed by atoms with Crippen molar-refractivity contribution in [3.63, 3.8) is 0 Å². The first kappa shape index (κ1) is 13.3. The highest BCUT2D eigenvalue weighted by atomic mass is 35.5. The minimum Gasteiger partial charge on any atom is -0.378 e. The van der Waals surface area contributed by atoms with Crippen LogP contribution in [0.15, 0.2) is 33.6 Å². The number of fused-ring (bicyclic) bond motifs is 1. The van der Waals surface area contributed by atoms with Crippen LogP contribution in [-0.2, 0) is 14.8 Å². The summed E-state index contributed by atoms with van der Waals surface area (Å²) in [7, 11) is -3.54. The van der Waals surface area contributed by atoms with E-state index in [2.05, 4.69) is 4.40 Å². The fourth-order valence-electron chi connectivity index (χ4n) is 1.65. The molecule has 0 radical (unpaired) electrons. The Balaban J connectivity index is 2.15. The Morgan fingerprint density at radius 3 is 2.83 bits per heavy atom. The molecule has 0 atom stereocenters. The topological polar surface area (TPSA) is 59.0 Å². The Hall–Kier alpha value is -1.11. The zero-order chi connectivity index (χ0) is 13.0. The van der Waals surface area contributed by atoms with E-state index in [0.29, 0.717) is 31.3 Å². The summed E-state index contributed by atoms with van der Waals surface area (Å²) in [5, 5.41) is 0. The Bertz CT molecular complexity index is 545. The zero-order valence-electron chi connectivity index (χ0n) is 9.62. The average Bonchev–Trinajstić information content (AvgIpc) is 2.37. The lowest BCUT2D eigenvalue weighted by Gasteiger charge is -2.24. The molecule has 0 amide bonds. The van der Waals surface area contributed by atoms with Crippen molar-refractivity contribution in [1.29, 1.82) is 0 Å². The predicted molar refractivity (Wildman–Crippen MR) is 71.0 cm³/mol. The molecule has 1 heterocycles. The first-order chi connectivity index (χ1) is 8.65. The molecule has 1 aliphatic rings. The molecule has 0 aliphatic carbocycles. The van der Waals surface area contributed by atoms with Gasteiger partial charge in [-0.2, -0.15) is 8.42 Å². The smallest absolute Gasteiger partial charge is 0.285 e. The van der Waals surface area contributed by atoms with Crippen molar-refractivity contribution in [3.8, 4) is 0 Å². The van der Waals surface area contributed by atoms with Crippen molar-refractivity contribution in [2.24, 2.45) is 4.40 Å². The van der Waals surface area contributed by atoms with Crippen LogP contribution in [0.5, 0.6) is 0 Å². The van der Waals surface area contributed by atoms with Gasteiger partial charge in [-0.15, -0.1) is 16.0 Å². The molecule has 1 aromatic rings. The van der Waals surface area contributed by atoms with Gasteiger partial charge < -0.3 is 9.64 Å². The number of hydrogen-bond donors (Lipinski definition) is 0. The highest BCUT2D eigenvalue weighted by Crippen LogP contribution is 2.28. The lowest BCUT2D eigenvalue weighted by atomic mass is 10.3. The zero-order valence-corrected chi connectivity index (χ0v) is 11.2. The molecule has 0 aromatic heterocycles. The molecule has 0 N–H and O–H groups in total. The predicted octanol–water partition coefficient (Wildman–Crippen LogP) is 1.48. The van der Waals surface area contributed by atoms with Crippen LogP contribution in [0.4, 0.5) is 5.69 Å². The molecular weight excluding hydrogens is 276 g/mol. The van der Waals surface area contributed by atoms with Crippen LogP contribution in [-0.4, -0.2) is 40.4 Å². The maximum Gasteiger partial charge on any atom is 0.285 e. The van der Waals surface area contributed by atoms with Gasteiger partial charge in [0, 0.05) is 12.4 Å². The molecule has 0 bridgehead atoms. The van der Waals surface area contributed by atoms with E-state index in [-0.39, 0.29) is 4.90 Å². The van der Waals surface area contributed by atoms with Crippen LogP contribution in [0, 0.1) is 0 Å². The number of nitrogens with zero attached hydrogens (tertiary/aromatic N) is 2. The number of para-hydroxylation sites is 1. The SMILES string of the molecule is O=S1(=O)N=CN(CCOCCCl)c2ccccc21. The van der Waals surface area contributed by atoms with Crippen LogP contribution < -0.4 is 4.90 Å². The second-order valence-electron chi connectivity index (χ2n) is 3.66. The summed E-state index contributed by atoms with van der Waals surface area (Å²) in [5.74, 6) is 0.444. The molecule has 1 aliphatic heterocycles. The molecule has 2 rings (SSSR count). The number of hydrogen-bond acceptors (Lipinski definition) is 4. The van der Waals surface area contributed by atoms with E-state index in [1.807, 2.05) is 0 Å². The number of rotatable bonds is 5. The van der Waals surface area contributed by atoms with Gasteiger partial charge in [0.05, 0.1) is 18.9 Å². The summed E-state index contributed by atoms with van der Waals surface area (Å²) in [6, 6.07) is 6.77. The molecule has 1 aromatic carbocycles. The summed E-state index contributed by atoms with van der Waals surface area (Å²) < 4.78 is 32.3. The van der Waals surface area contributed by atoms with Gasteiger partial charge in [-0.1, -0.05) is 12.1 Å². The maximum atomic E-state index is 11.7. The Labute approximate surface area is 111 Å². The lowest BCUT2D eigenvalue weighted by Crippen LogP contribution is -2.30. The fraction of sp³-hybridized carbons (Fsp3) is 0.364. The monoisotopic (exact) mass is 288 g/mol. The van der Waals surface area contributed by atoms with E-state index in [9.17, 15) is 8.42 Å². The number of ether oxygens (including phenoxy) is 1. The Morgan fingerprint density at radius 2 is 2.06 bits per heavy atom. The van der Waals surface area contributed by atoms with Crippen molar-refractivity contribution < 1.29 is 13.2 Å².